The number of hydrogen-bond acceptors (Lipinski definition) is 3. The maximum absolute atomic E-state index is 11.5. The third-order valence-electron chi connectivity index (χ3n) is 5.08. The SMILES string of the molecule is COC1CCN(C(C)c2c(C)c(C=O)cc3cc(Br)cn23)CC1. The molecule has 3 rings (SSSR count). The highest BCUT2D eigenvalue weighted by Crippen LogP contribution is 2.31. The minimum absolute atomic E-state index is 0.259. The quantitative estimate of drug-likeness (QED) is 0.754. The van der Waals surface area contributed by atoms with Gasteiger partial charge in [0, 0.05) is 53.7 Å². The number of likely N-dealkylation sites (tertiary alicyclic amines) is 1. The van der Waals surface area contributed by atoms with Crippen LogP contribution in [0, 0.1) is 6.92 Å². The zero-order chi connectivity index (χ0) is 16.6. The Balaban J connectivity index is 2.00. The van der Waals surface area contributed by atoms with Gasteiger partial charge >= 0.3 is 0 Å². The number of aldehydes is 1. The van der Waals surface area contributed by atoms with Gasteiger partial charge < -0.3 is 9.14 Å². The predicted octanol–water partition coefficient (Wildman–Crippen LogP) is 3.99. The summed E-state index contributed by atoms with van der Waals surface area (Å²) in [7, 11) is 1.79. The van der Waals surface area contributed by atoms with E-state index in [4.69, 9.17) is 4.74 Å². The van der Waals surface area contributed by atoms with Gasteiger partial charge in [-0.05, 0) is 60.3 Å². The van der Waals surface area contributed by atoms with Gasteiger partial charge in [-0.3, -0.25) is 9.69 Å². The van der Waals surface area contributed by atoms with Crippen molar-refractivity contribution < 1.29 is 9.53 Å². The largest absolute Gasteiger partial charge is 0.381 e. The number of fused-ring (bicyclic) bond motifs is 1. The van der Waals surface area contributed by atoms with Crippen LogP contribution in [0.1, 0.15) is 47.4 Å². The number of aromatic nitrogens is 1. The number of piperidine rings is 1. The molecule has 5 heteroatoms. The highest BCUT2D eigenvalue weighted by Gasteiger charge is 2.26. The predicted molar refractivity (Wildman–Crippen MR) is 95.2 cm³/mol. The molecule has 1 fully saturated rings. The van der Waals surface area contributed by atoms with Crippen LogP contribution in [0.15, 0.2) is 22.8 Å². The van der Waals surface area contributed by atoms with Gasteiger partial charge in [-0.1, -0.05) is 0 Å². The molecule has 0 bridgehead atoms. The zero-order valence-corrected chi connectivity index (χ0v) is 15.5. The summed E-state index contributed by atoms with van der Waals surface area (Å²) in [5.74, 6) is 0. The van der Waals surface area contributed by atoms with Crippen molar-refractivity contribution in [2.75, 3.05) is 20.2 Å². The summed E-state index contributed by atoms with van der Waals surface area (Å²) in [5.41, 5.74) is 4.10. The standard InChI is InChI=1S/C18H23BrN2O2/c1-12-14(11-22)8-16-9-15(19)10-21(16)18(12)13(2)20-6-4-17(23-3)5-7-20/h8-11,13,17H,4-7H2,1-3H3. The Morgan fingerprint density at radius 2 is 2.04 bits per heavy atom. The summed E-state index contributed by atoms with van der Waals surface area (Å²) in [6, 6.07) is 4.27. The maximum Gasteiger partial charge on any atom is 0.150 e. The molecule has 4 nitrogen and oxygen atoms in total. The van der Waals surface area contributed by atoms with E-state index in [0.29, 0.717) is 6.10 Å². The number of ether oxygens (including phenoxy) is 1. The number of carbonyl (C=O) groups excluding carboxylic acids is 1. The molecule has 0 radical (unpaired) electrons. The maximum atomic E-state index is 11.5. The lowest BCUT2D eigenvalue weighted by atomic mass is 9.99. The molecular formula is C18H23BrN2O2. The first-order chi connectivity index (χ1) is 11.0. The fourth-order valence-corrected chi connectivity index (χ4v) is 4.11. The lowest BCUT2D eigenvalue weighted by Crippen LogP contribution is -2.39. The van der Waals surface area contributed by atoms with Crippen LogP contribution in [0.2, 0.25) is 0 Å². The van der Waals surface area contributed by atoms with E-state index in [0.717, 1.165) is 53.3 Å². The van der Waals surface area contributed by atoms with Crippen LogP contribution in [0.4, 0.5) is 0 Å². The molecule has 1 saturated heterocycles. The van der Waals surface area contributed by atoms with Crippen LogP contribution < -0.4 is 0 Å². The molecule has 0 spiro atoms. The van der Waals surface area contributed by atoms with E-state index in [1.807, 2.05) is 13.0 Å². The van der Waals surface area contributed by atoms with Crippen LogP contribution in [0.25, 0.3) is 5.52 Å². The highest BCUT2D eigenvalue weighted by molar-refractivity contribution is 9.10. The van der Waals surface area contributed by atoms with E-state index in [2.05, 4.69) is 44.4 Å². The van der Waals surface area contributed by atoms with Gasteiger partial charge in [0.05, 0.1) is 6.10 Å². The van der Waals surface area contributed by atoms with Gasteiger partial charge in [0.1, 0.15) is 6.29 Å². The Morgan fingerprint density at radius 1 is 1.35 bits per heavy atom. The van der Waals surface area contributed by atoms with Crippen molar-refractivity contribution in [3.63, 3.8) is 0 Å². The van der Waals surface area contributed by atoms with Crippen LogP contribution in [0.3, 0.4) is 0 Å². The minimum atomic E-state index is 0.259. The van der Waals surface area contributed by atoms with Crippen LogP contribution in [-0.4, -0.2) is 41.9 Å². The average Bonchev–Trinajstić information content (AvgIpc) is 2.93. The lowest BCUT2D eigenvalue weighted by molar-refractivity contribution is 0.0287. The summed E-state index contributed by atoms with van der Waals surface area (Å²) in [6.07, 6.45) is 5.55. The molecule has 0 aliphatic carbocycles. The molecule has 1 aliphatic rings. The smallest absolute Gasteiger partial charge is 0.150 e. The molecule has 1 unspecified atom stereocenters. The Labute approximate surface area is 145 Å². The summed E-state index contributed by atoms with van der Waals surface area (Å²) in [5, 5.41) is 0. The van der Waals surface area contributed by atoms with Crippen molar-refractivity contribution in [2.24, 2.45) is 0 Å². The monoisotopic (exact) mass is 378 g/mol. The first kappa shape index (κ1) is 16.7. The van der Waals surface area contributed by atoms with Crippen molar-refractivity contribution >= 4 is 27.7 Å². The van der Waals surface area contributed by atoms with E-state index < -0.39 is 0 Å². The second-order valence-corrected chi connectivity index (χ2v) is 7.24. The Hall–Kier alpha value is -1.17. The number of nitrogens with zero attached hydrogens (tertiary/aromatic N) is 2. The Morgan fingerprint density at radius 3 is 2.65 bits per heavy atom. The second kappa shape index (κ2) is 6.75. The topological polar surface area (TPSA) is 34.0 Å². The lowest BCUT2D eigenvalue weighted by Gasteiger charge is -2.36. The van der Waals surface area contributed by atoms with E-state index in [1.54, 1.807) is 7.11 Å². The Kier molecular flexibility index (Phi) is 4.90. The van der Waals surface area contributed by atoms with Crippen molar-refractivity contribution in [1.82, 2.24) is 9.30 Å². The molecule has 2 aromatic rings. The Bertz CT molecular complexity index is 717. The van der Waals surface area contributed by atoms with Crippen LogP contribution >= 0.6 is 15.9 Å². The third kappa shape index (κ3) is 3.10. The van der Waals surface area contributed by atoms with Gasteiger partial charge in [-0.25, -0.2) is 0 Å². The summed E-state index contributed by atoms with van der Waals surface area (Å²) < 4.78 is 8.72. The van der Waals surface area contributed by atoms with E-state index in [1.165, 1.54) is 5.69 Å². The molecule has 23 heavy (non-hydrogen) atoms. The molecule has 0 amide bonds. The number of pyridine rings is 1. The van der Waals surface area contributed by atoms with E-state index in [-0.39, 0.29) is 6.04 Å². The van der Waals surface area contributed by atoms with E-state index in [9.17, 15) is 4.79 Å². The number of halogens is 1. The molecule has 3 heterocycles. The minimum Gasteiger partial charge on any atom is -0.381 e. The van der Waals surface area contributed by atoms with Crippen LogP contribution in [-0.2, 0) is 4.74 Å². The normalized spacial score (nSPS) is 18.4. The van der Waals surface area contributed by atoms with Crippen molar-refractivity contribution in [3.05, 3.63) is 39.6 Å². The first-order valence-corrected chi connectivity index (χ1v) is 8.87. The van der Waals surface area contributed by atoms with Crippen LogP contribution in [0.5, 0.6) is 0 Å². The van der Waals surface area contributed by atoms with E-state index >= 15 is 0 Å². The summed E-state index contributed by atoms with van der Waals surface area (Å²) in [4.78, 5) is 13.9. The molecule has 0 saturated carbocycles. The van der Waals surface area contributed by atoms with Crippen molar-refractivity contribution in [2.45, 2.75) is 38.8 Å². The molecule has 0 N–H and O–H groups in total. The summed E-state index contributed by atoms with van der Waals surface area (Å²) in [6.45, 7) is 6.32. The molecule has 0 aromatic carbocycles. The first-order valence-electron chi connectivity index (χ1n) is 8.08. The number of rotatable bonds is 4. The highest BCUT2D eigenvalue weighted by atomic mass is 79.9. The molecule has 1 aliphatic heterocycles. The average molecular weight is 379 g/mol. The van der Waals surface area contributed by atoms with Crippen molar-refractivity contribution in [1.29, 1.82) is 0 Å². The van der Waals surface area contributed by atoms with Gasteiger partial charge in [-0.15, -0.1) is 0 Å². The van der Waals surface area contributed by atoms with Gasteiger partial charge in [0.15, 0.2) is 0 Å². The fraction of sp³-hybridized carbons (Fsp3) is 0.500. The summed E-state index contributed by atoms with van der Waals surface area (Å²) >= 11 is 3.55. The van der Waals surface area contributed by atoms with Gasteiger partial charge in [-0.2, -0.15) is 0 Å². The van der Waals surface area contributed by atoms with Gasteiger partial charge in [0.2, 0.25) is 0 Å². The number of carbonyl (C=O) groups is 1. The second-order valence-electron chi connectivity index (χ2n) is 6.33. The molecule has 2 aromatic heterocycles. The third-order valence-corrected chi connectivity index (χ3v) is 5.51. The number of methoxy groups -OCH3 is 1. The van der Waals surface area contributed by atoms with Gasteiger partial charge in [0.25, 0.3) is 0 Å². The number of hydrogen-bond donors (Lipinski definition) is 0. The molecular weight excluding hydrogens is 356 g/mol. The molecule has 124 valence electrons. The molecule has 1 atom stereocenters. The zero-order valence-electron chi connectivity index (χ0n) is 13.9. The van der Waals surface area contributed by atoms with Crippen molar-refractivity contribution in [3.8, 4) is 0 Å². The fourth-order valence-electron chi connectivity index (χ4n) is 3.67.